The molecule has 27 heavy (non-hydrogen) atoms. The van der Waals surface area contributed by atoms with E-state index in [2.05, 4.69) is 10.3 Å². The Balaban J connectivity index is 1.45. The zero-order chi connectivity index (χ0) is 18.9. The molecule has 2 aromatic rings. The summed E-state index contributed by atoms with van der Waals surface area (Å²) in [5.74, 6) is 0.762. The van der Waals surface area contributed by atoms with Gasteiger partial charge in [0.05, 0.1) is 19.3 Å². The third kappa shape index (κ3) is 5.94. The molecule has 1 saturated heterocycles. The lowest BCUT2D eigenvalue weighted by Crippen LogP contribution is -2.47. The minimum absolute atomic E-state index is 0.0179. The predicted molar refractivity (Wildman–Crippen MR) is 104 cm³/mol. The number of hydrogen-bond donors (Lipinski definition) is 2. The van der Waals surface area contributed by atoms with Gasteiger partial charge in [0, 0.05) is 37.1 Å². The van der Waals surface area contributed by atoms with Gasteiger partial charge < -0.3 is 25.4 Å². The molecular formula is C20H26N4O3. The van der Waals surface area contributed by atoms with Crippen molar-refractivity contribution in [1.82, 2.24) is 9.88 Å². The standard InChI is InChI=1S/C20H26N4O3/c21-10-8-19-15-24(12-14-27-19)20(25)23-17-4-6-18(7-5-17)26-13-9-16-3-1-2-11-22-16/h1-7,11,19H,8-10,12-15,21H2,(H,23,25). The summed E-state index contributed by atoms with van der Waals surface area (Å²) in [5, 5.41) is 2.92. The van der Waals surface area contributed by atoms with Crippen molar-refractivity contribution in [3.63, 3.8) is 0 Å². The first-order valence-corrected chi connectivity index (χ1v) is 9.25. The number of urea groups is 1. The van der Waals surface area contributed by atoms with Crippen LogP contribution in [0, 0.1) is 0 Å². The summed E-state index contributed by atoms with van der Waals surface area (Å²) in [6.45, 7) is 2.81. The molecule has 1 atom stereocenters. The molecule has 2 amide bonds. The highest BCUT2D eigenvalue weighted by Crippen LogP contribution is 2.17. The van der Waals surface area contributed by atoms with E-state index in [1.165, 1.54) is 0 Å². The monoisotopic (exact) mass is 370 g/mol. The fourth-order valence-electron chi connectivity index (χ4n) is 2.92. The number of anilines is 1. The summed E-state index contributed by atoms with van der Waals surface area (Å²) in [5.41, 5.74) is 7.31. The van der Waals surface area contributed by atoms with Crippen molar-refractivity contribution >= 4 is 11.7 Å². The second kappa shape index (κ2) is 9.89. The molecule has 0 radical (unpaired) electrons. The van der Waals surface area contributed by atoms with E-state index < -0.39 is 0 Å². The molecule has 0 saturated carbocycles. The number of amides is 2. The second-order valence-electron chi connectivity index (χ2n) is 6.39. The number of pyridine rings is 1. The number of nitrogens with two attached hydrogens (primary N) is 1. The number of nitrogens with zero attached hydrogens (tertiary/aromatic N) is 2. The highest BCUT2D eigenvalue weighted by atomic mass is 16.5. The third-order valence-electron chi connectivity index (χ3n) is 4.37. The van der Waals surface area contributed by atoms with Crippen molar-refractivity contribution in [2.45, 2.75) is 18.9 Å². The Hall–Kier alpha value is -2.64. The largest absolute Gasteiger partial charge is 0.493 e. The Morgan fingerprint density at radius 2 is 2.15 bits per heavy atom. The van der Waals surface area contributed by atoms with Gasteiger partial charge >= 0.3 is 6.03 Å². The molecule has 1 fully saturated rings. The van der Waals surface area contributed by atoms with Gasteiger partial charge in [-0.2, -0.15) is 0 Å². The van der Waals surface area contributed by atoms with Crippen LogP contribution in [0.2, 0.25) is 0 Å². The molecule has 0 spiro atoms. The molecule has 3 N–H and O–H groups in total. The molecule has 7 nitrogen and oxygen atoms in total. The molecule has 1 aliphatic rings. The van der Waals surface area contributed by atoms with Gasteiger partial charge in [0.2, 0.25) is 0 Å². The molecule has 144 valence electrons. The van der Waals surface area contributed by atoms with Gasteiger partial charge in [-0.05, 0) is 49.4 Å². The van der Waals surface area contributed by atoms with E-state index in [1.807, 2.05) is 42.5 Å². The molecule has 2 heterocycles. The summed E-state index contributed by atoms with van der Waals surface area (Å²) >= 11 is 0. The van der Waals surface area contributed by atoms with E-state index in [-0.39, 0.29) is 12.1 Å². The first-order valence-electron chi connectivity index (χ1n) is 9.25. The fraction of sp³-hybridized carbons (Fsp3) is 0.400. The van der Waals surface area contributed by atoms with E-state index in [0.717, 1.165) is 30.0 Å². The summed E-state index contributed by atoms with van der Waals surface area (Å²) in [6.07, 6.45) is 3.30. The highest BCUT2D eigenvalue weighted by Gasteiger charge is 2.23. The molecule has 3 rings (SSSR count). The van der Waals surface area contributed by atoms with Crippen molar-refractivity contribution in [2.24, 2.45) is 5.73 Å². The minimum atomic E-state index is -0.121. The lowest BCUT2D eigenvalue weighted by Gasteiger charge is -2.32. The van der Waals surface area contributed by atoms with E-state index in [9.17, 15) is 4.79 Å². The number of ether oxygens (including phenoxy) is 2. The van der Waals surface area contributed by atoms with Crippen LogP contribution >= 0.6 is 0 Å². The van der Waals surface area contributed by atoms with Crippen molar-refractivity contribution < 1.29 is 14.3 Å². The number of rotatable bonds is 7. The van der Waals surface area contributed by atoms with Gasteiger partial charge in [-0.1, -0.05) is 6.07 Å². The van der Waals surface area contributed by atoms with Gasteiger partial charge in [0.25, 0.3) is 0 Å². The first kappa shape index (κ1) is 19.1. The number of hydrogen-bond acceptors (Lipinski definition) is 5. The van der Waals surface area contributed by atoms with Gasteiger partial charge in [-0.3, -0.25) is 4.98 Å². The van der Waals surface area contributed by atoms with Gasteiger partial charge in [0.1, 0.15) is 5.75 Å². The topological polar surface area (TPSA) is 89.7 Å². The van der Waals surface area contributed by atoms with E-state index >= 15 is 0 Å². The molecule has 1 aliphatic heterocycles. The number of carbonyl (C=O) groups is 1. The zero-order valence-corrected chi connectivity index (χ0v) is 15.3. The number of morpholine rings is 1. The fourth-order valence-corrected chi connectivity index (χ4v) is 2.92. The number of carbonyl (C=O) groups excluding carboxylic acids is 1. The SMILES string of the molecule is NCCC1CN(C(=O)Nc2ccc(OCCc3ccccn3)cc2)CCO1. The average molecular weight is 370 g/mol. The summed E-state index contributed by atoms with van der Waals surface area (Å²) in [7, 11) is 0. The van der Waals surface area contributed by atoms with Crippen LogP contribution in [0.15, 0.2) is 48.7 Å². The lowest BCUT2D eigenvalue weighted by molar-refractivity contribution is -0.0146. The number of benzene rings is 1. The van der Waals surface area contributed by atoms with Crippen LogP contribution in [-0.2, 0) is 11.2 Å². The first-order chi connectivity index (χ1) is 13.2. The lowest BCUT2D eigenvalue weighted by atomic mass is 10.2. The van der Waals surface area contributed by atoms with E-state index in [1.54, 1.807) is 11.1 Å². The third-order valence-corrected chi connectivity index (χ3v) is 4.37. The molecule has 1 unspecified atom stereocenters. The van der Waals surface area contributed by atoms with E-state index in [4.69, 9.17) is 15.2 Å². The van der Waals surface area contributed by atoms with E-state index in [0.29, 0.717) is 32.8 Å². The highest BCUT2D eigenvalue weighted by molar-refractivity contribution is 5.89. The Morgan fingerprint density at radius 1 is 1.30 bits per heavy atom. The normalized spacial score (nSPS) is 16.8. The predicted octanol–water partition coefficient (Wildman–Crippen LogP) is 2.28. The summed E-state index contributed by atoms with van der Waals surface area (Å²) in [6, 6.07) is 13.1. The Labute approximate surface area is 159 Å². The summed E-state index contributed by atoms with van der Waals surface area (Å²) in [4.78, 5) is 18.5. The maximum absolute atomic E-state index is 12.4. The maximum Gasteiger partial charge on any atom is 0.322 e. The Bertz CT molecular complexity index is 707. The van der Waals surface area contributed by atoms with Crippen molar-refractivity contribution in [2.75, 3.05) is 38.2 Å². The Kier molecular flexibility index (Phi) is 7.01. The van der Waals surface area contributed by atoms with Gasteiger partial charge in [0.15, 0.2) is 0 Å². The van der Waals surface area contributed by atoms with Gasteiger partial charge in [-0.25, -0.2) is 4.79 Å². The van der Waals surface area contributed by atoms with Crippen LogP contribution < -0.4 is 15.8 Å². The minimum Gasteiger partial charge on any atom is -0.493 e. The smallest absolute Gasteiger partial charge is 0.322 e. The molecule has 1 aromatic heterocycles. The van der Waals surface area contributed by atoms with Crippen LogP contribution in [0.1, 0.15) is 12.1 Å². The maximum atomic E-state index is 12.4. The quantitative estimate of drug-likeness (QED) is 0.780. The molecular weight excluding hydrogens is 344 g/mol. The second-order valence-corrected chi connectivity index (χ2v) is 6.39. The number of nitrogens with one attached hydrogen (secondary N) is 1. The molecule has 1 aromatic carbocycles. The molecule has 0 bridgehead atoms. The average Bonchev–Trinajstić information content (AvgIpc) is 2.71. The van der Waals surface area contributed by atoms with Crippen LogP contribution in [-0.4, -0.2) is 54.9 Å². The van der Waals surface area contributed by atoms with Crippen LogP contribution in [0.4, 0.5) is 10.5 Å². The van der Waals surface area contributed by atoms with Crippen molar-refractivity contribution in [3.05, 3.63) is 54.4 Å². The van der Waals surface area contributed by atoms with Crippen LogP contribution in [0.3, 0.4) is 0 Å². The van der Waals surface area contributed by atoms with Crippen LogP contribution in [0.5, 0.6) is 5.75 Å². The van der Waals surface area contributed by atoms with Crippen molar-refractivity contribution in [3.8, 4) is 5.75 Å². The van der Waals surface area contributed by atoms with Crippen LogP contribution in [0.25, 0.3) is 0 Å². The zero-order valence-electron chi connectivity index (χ0n) is 15.3. The molecule has 0 aliphatic carbocycles. The summed E-state index contributed by atoms with van der Waals surface area (Å²) < 4.78 is 11.3. The Morgan fingerprint density at radius 3 is 2.89 bits per heavy atom. The van der Waals surface area contributed by atoms with Gasteiger partial charge in [-0.15, -0.1) is 0 Å². The van der Waals surface area contributed by atoms with Crippen molar-refractivity contribution in [1.29, 1.82) is 0 Å². The number of aromatic nitrogens is 1. The molecule has 7 heteroatoms.